The van der Waals surface area contributed by atoms with Crippen molar-refractivity contribution in [2.24, 2.45) is 0 Å². The van der Waals surface area contributed by atoms with E-state index >= 15 is 0 Å². The predicted octanol–water partition coefficient (Wildman–Crippen LogP) is 2.66. The van der Waals surface area contributed by atoms with Gasteiger partial charge >= 0.3 is 0 Å². The first-order chi connectivity index (χ1) is 9.12. The zero-order valence-electron chi connectivity index (χ0n) is 12.2. The van der Waals surface area contributed by atoms with Gasteiger partial charge in [-0.1, -0.05) is 39.5 Å². The minimum absolute atomic E-state index is 0.204. The zero-order valence-corrected chi connectivity index (χ0v) is 13.8. The highest BCUT2D eigenvalue weighted by molar-refractivity contribution is 7.86. The lowest BCUT2D eigenvalue weighted by molar-refractivity contribution is 0.438. The fraction of sp³-hybridized carbons (Fsp3) is 1.00. The molecule has 0 heterocycles. The summed E-state index contributed by atoms with van der Waals surface area (Å²) in [6.45, 7) is 3.65. The van der Waals surface area contributed by atoms with Crippen LogP contribution in [0.15, 0.2) is 0 Å². The average molecular weight is 330 g/mol. The Labute approximate surface area is 122 Å². The summed E-state index contributed by atoms with van der Waals surface area (Å²) in [4.78, 5) is 0. The van der Waals surface area contributed by atoms with Gasteiger partial charge in [0, 0.05) is 0 Å². The van der Waals surface area contributed by atoms with E-state index in [1.807, 2.05) is 6.92 Å². The second kappa shape index (κ2) is 8.96. The third kappa shape index (κ3) is 8.18. The van der Waals surface area contributed by atoms with Crippen LogP contribution in [-0.4, -0.2) is 36.4 Å². The van der Waals surface area contributed by atoms with Crippen LogP contribution in [0.2, 0.25) is 0 Å². The van der Waals surface area contributed by atoms with Crippen LogP contribution in [0, 0.1) is 0 Å². The van der Waals surface area contributed by atoms with Gasteiger partial charge in [0.2, 0.25) is 0 Å². The van der Waals surface area contributed by atoms with Crippen LogP contribution in [0.25, 0.3) is 0 Å². The van der Waals surface area contributed by atoms with Gasteiger partial charge in [0.1, 0.15) is 0 Å². The van der Waals surface area contributed by atoms with Crippen LogP contribution < -0.4 is 0 Å². The fourth-order valence-corrected chi connectivity index (χ4v) is 4.02. The lowest BCUT2D eigenvalue weighted by atomic mass is 10.1. The molecule has 0 aromatic rings. The van der Waals surface area contributed by atoms with E-state index in [2.05, 4.69) is 0 Å². The Bertz CT molecular complexity index is 454. The molecule has 0 aromatic heterocycles. The van der Waals surface area contributed by atoms with Gasteiger partial charge in [-0.15, -0.1) is 0 Å². The molecule has 0 saturated carbocycles. The van der Waals surface area contributed by atoms with E-state index in [0.29, 0.717) is 12.8 Å². The third-order valence-electron chi connectivity index (χ3n) is 3.48. The molecule has 0 saturated heterocycles. The second-order valence-corrected chi connectivity index (χ2v) is 8.50. The van der Waals surface area contributed by atoms with Crippen molar-refractivity contribution in [1.82, 2.24) is 0 Å². The van der Waals surface area contributed by atoms with Crippen molar-refractivity contribution in [2.75, 3.05) is 0 Å². The van der Waals surface area contributed by atoms with Crippen molar-refractivity contribution < 1.29 is 25.9 Å². The molecule has 0 aromatic carbocycles. The molecular formula is C12H26O6S2. The summed E-state index contributed by atoms with van der Waals surface area (Å²) in [5, 5.41) is -1.70. The molecule has 20 heavy (non-hydrogen) atoms. The summed E-state index contributed by atoms with van der Waals surface area (Å²) >= 11 is 0. The van der Waals surface area contributed by atoms with Crippen molar-refractivity contribution in [1.29, 1.82) is 0 Å². The van der Waals surface area contributed by atoms with E-state index in [1.165, 1.54) is 0 Å². The van der Waals surface area contributed by atoms with Gasteiger partial charge < -0.3 is 0 Å². The van der Waals surface area contributed by atoms with Gasteiger partial charge in [0.25, 0.3) is 20.2 Å². The van der Waals surface area contributed by atoms with Crippen molar-refractivity contribution in [3.63, 3.8) is 0 Å². The fourth-order valence-electron chi connectivity index (χ4n) is 2.20. The summed E-state index contributed by atoms with van der Waals surface area (Å²) in [5.41, 5.74) is 0. The number of unbranched alkanes of at least 4 members (excludes halogenated alkanes) is 2. The van der Waals surface area contributed by atoms with Crippen LogP contribution in [0.5, 0.6) is 0 Å². The molecule has 0 amide bonds. The summed E-state index contributed by atoms with van der Waals surface area (Å²) in [6, 6.07) is 0. The first kappa shape index (κ1) is 19.8. The van der Waals surface area contributed by atoms with E-state index in [4.69, 9.17) is 9.11 Å². The normalized spacial score (nSPS) is 16.0. The van der Waals surface area contributed by atoms with Gasteiger partial charge in [-0.05, 0) is 25.7 Å². The van der Waals surface area contributed by atoms with E-state index < -0.39 is 30.7 Å². The number of hydrogen-bond donors (Lipinski definition) is 2. The van der Waals surface area contributed by atoms with Gasteiger partial charge in [-0.3, -0.25) is 9.11 Å². The van der Waals surface area contributed by atoms with Crippen LogP contribution in [0.3, 0.4) is 0 Å². The SMILES string of the molecule is CCCCCC(CCCC(CC)S(=O)(=O)O)S(=O)(=O)O. The largest absolute Gasteiger partial charge is 0.285 e. The maximum Gasteiger partial charge on any atom is 0.267 e. The molecule has 6 nitrogen and oxygen atoms in total. The molecule has 2 N–H and O–H groups in total. The average Bonchev–Trinajstić information content (AvgIpc) is 2.29. The molecule has 0 radical (unpaired) electrons. The molecule has 0 spiro atoms. The molecule has 122 valence electrons. The molecule has 0 fully saturated rings. The first-order valence-corrected chi connectivity index (χ1v) is 10.1. The quantitative estimate of drug-likeness (QED) is 0.445. The molecular weight excluding hydrogens is 304 g/mol. The summed E-state index contributed by atoms with van der Waals surface area (Å²) in [5.74, 6) is 0. The molecule has 8 heteroatoms. The Balaban J connectivity index is 4.40. The maximum absolute atomic E-state index is 11.3. The molecule has 0 aliphatic heterocycles. The number of hydrogen-bond acceptors (Lipinski definition) is 4. The van der Waals surface area contributed by atoms with Crippen LogP contribution >= 0.6 is 0 Å². The first-order valence-electron chi connectivity index (χ1n) is 7.05. The van der Waals surface area contributed by atoms with Gasteiger partial charge in [-0.2, -0.15) is 16.8 Å². The topological polar surface area (TPSA) is 109 Å². The van der Waals surface area contributed by atoms with Crippen molar-refractivity contribution in [3.8, 4) is 0 Å². The van der Waals surface area contributed by atoms with Crippen LogP contribution in [-0.2, 0) is 20.2 Å². The van der Waals surface area contributed by atoms with Crippen molar-refractivity contribution in [3.05, 3.63) is 0 Å². The van der Waals surface area contributed by atoms with Gasteiger partial charge in [0.05, 0.1) is 10.5 Å². The lowest BCUT2D eigenvalue weighted by Gasteiger charge is -2.15. The van der Waals surface area contributed by atoms with Crippen LogP contribution in [0.4, 0.5) is 0 Å². The lowest BCUT2D eigenvalue weighted by Crippen LogP contribution is -2.23. The van der Waals surface area contributed by atoms with Crippen LogP contribution in [0.1, 0.15) is 65.2 Å². The third-order valence-corrected chi connectivity index (χ3v) is 6.21. The molecule has 2 atom stereocenters. The molecule has 0 aliphatic carbocycles. The highest BCUT2D eigenvalue weighted by atomic mass is 32.2. The Hall–Kier alpha value is -0.180. The maximum atomic E-state index is 11.3. The van der Waals surface area contributed by atoms with Crippen molar-refractivity contribution in [2.45, 2.75) is 75.7 Å². The zero-order chi connectivity index (χ0) is 15.8. The monoisotopic (exact) mass is 330 g/mol. The van der Waals surface area contributed by atoms with E-state index in [1.54, 1.807) is 6.92 Å². The Morgan fingerprint density at radius 3 is 1.60 bits per heavy atom. The summed E-state index contributed by atoms with van der Waals surface area (Å²) in [7, 11) is -8.18. The molecule has 0 aliphatic rings. The minimum atomic E-state index is -4.10. The predicted molar refractivity (Wildman–Crippen MR) is 79.0 cm³/mol. The Kier molecular flexibility index (Phi) is 8.88. The smallest absolute Gasteiger partial charge is 0.267 e. The van der Waals surface area contributed by atoms with Crippen molar-refractivity contribution >= 4 is 20.2 Å². The summed E-state index contributed by atoms with van der Waals surface area (Å²) < 4.78 is 62.7. The van der Waals surface area contributed by atoms with E-state index in [-0.39, 0.29) is 19.3 Å². The van der Waals surface area contributed by atoms with E-state index in [0.717, 1.165) is 19.3 Å². The van der Waals surface area contributed by atoms with Gasteiger partial charge in [0.15, 0.2) is 0 Å². The van der Waals surface area contributed by atoms with Gasteiger partial charge in [-0.25, -0.2) is 0 Å². The van der Waals surface area contributed by atoms with E-state index in [9.17, 15) is 16.8 Å². The minimum Gasteiger partial charge on any atom is -0.285 e. The Morgan fingerprint density at radius 2 is 1.20 bits per heavy atom. The highest BCUT2D eigenvalue weighted by Gasteiger charge is 2.25. The summed E-state index contributed by atoms with van der Waals surface area (Å²) in [6.07, 6.45) is 4.00. The molecule has 2 unspecified atom stereocenters. The highest BCUT2D eigenvalue weighted by Crippen LogP contribution is 2.20. The second-order valence-electron chi connectivity index (χ2n) is 5.11. The molecule has 0 rings (SSSR count). The molecule has 0 bridgehead atoms. The number of rotatable bonds is 11. The standard InChI is InChI=1S/C12H26O6S2/c1-3-5-6-8-12(20(16,17)18)10-7-9-11(4-2)19(13,14)15/h11-12H,3-10H2,1-2H3,(H,13,14,15)(H,16,17,18). The Morgan fingerprint density at radius 1 is 0.750 bits per heavy atom.